The molecule has 0 radical (unpaired) electrons. The van der Waals surface area contributed by atoms with Crippen molar-refractivity contribution in [2.75, 3.05) is 19.8 Å². The Hall–Kier alpha value is -2.32. The molecule has 1 amide bonds. The first-order valence-corrected chi connectivity index (χ1v) is 10.9. The number of amides is 1. The summed E-state index contributed by atoms with van der Waals surface area (Å²) in [5.41, 5.74) is 1.29. The number of carbonyl (C=O) groups excluding carboxylic acids is 2. The van der Waals surface area contributed by atoms with Crippen LogP contribution in [-0.2, 0) is 19.0 Å². The number of nitrogens with one attached hydrogen (secondary N) is 1. The van der Waals surface area contributed by atoms with Crippen molar-refractivity contribution in [3.8, 4) is 5.75 Å². The van der Waals surface area contributed by atoms with Crippen molar-refractivity contribution < 1.29 is 33.4 Å². The molecular formula is C24H39NO7. The summed E-state index contributed by atoms with van der Waals surface area (Å²) in [4.78, 5) is 28.5. The number of hydrogen-bond donors (Lipinski definition) is 1. The molecule has 182 valence electrons. The van der Waals surface area contributed by atoms with E-state index < -0.39 is 22.9 Å². The first-order valence-electron chi connectivity index (χ1n) is 10.9. The molecule has 0 aliphatic carbocycles. The Morgan fingerprint density at radius 3 is 2.03 bits per heavy atom. The Kier molecular flexibility index (Phi) is 10.4. The summed E-state index contributed by atoms with van der Waals surface area (Å²) in [6, 6.07) is 6.89. The molecule has 0 aliphatic heterocycles. The highest BCUT2D eigenvalue weighted by atomic mass is 16.7. The highest BCUT2D eigenvalue weighted by molar-refractivity contribution is 5.89. The van der Waals surface area contributed by atoms with E-state index in [4.69, 9.17) is 23.8 Å². The van der Waals surface area contributed by atoms with Crippen molar-refractivity contribution >= 4 is 12.1 Å². The van der Waals surface area contributed by atoms with Gasteiger partial charge in [0, 0.05) is 12.8 Å². The molecular weight excluding hydrogens is 414 g/mol. The number of hydroxylamine groups is 1. The number of benzene rings is 1. The van der Waals surface area contributed by atoms with E-state index in [0.717, 1.165) is 0 Å². The van der Waals surface area contributed by atoms with Gasteiger partial charge in [0.25, 0.3) is 0 Å². The van der Waals surface area contributed by atoms with E-state index in [9.17, 15) is 9.59 Å². The topological polar surface area (TPSA) is 92.3 Å². The Labute approximate surface area is 191 Å². The Morgan fingerprint density at radius 1 is 0.875 bits per heavy atom. The number of carbonyl (C=O) groups is 2. The number of hydrogen-bond acceptors (Lipinski definition) is 7. The van der Waals surface area contributed by atoms with Gasteiger partial charge in [0.05, 0.1) is 31.0 Å². The van der Waals surface area contributed by atoms with Crippen LogP contribution < -0.4 is 10.2 Å². The smallest absolute Gasteiger partial charge is 0.431 e. The highest BCUT2D eigenvalue weighted by Crippen LogP contribution is 2.23. The van der Waals surface area contributed by atoms with Gasteiger partial charge in [-0.25, -0.2) is 9.59 Å². The van der Waals surface area contributed by atoms with Gasteiger partial charge in [0.1, 0.15) is 17.0 Å². The standard InChI is InChI=1S/C24H39NO7/c1-9-28-20(26)18-10-12-19(13-11-18)31-24(7,8)14-16-29-23(5,6)15-17-30-25-21(27)32-22(2,3)4/h10-13H,9,14-17H2,1-8H3,(H,25,27). The third-order valence-corrected chi connectivity index (χ3v) is 4.32. The van der Waals surface area contributed by atoms with Crippen molar-refractivity contribution in [2.45, 2.75) is 85.0 Å². The normalized spacial score (nSPS) is 12.2. The zero-order valence-corrected chi connectivity index (χ0v) is 20.7. The zero-order valence-electron chi connectivity index (χ0n) is 20.7. The van der Waals surface area contributed by atoms with E-state index in [-0.39, 0.29) is 5.97 Å². The Bertz CT molecular complexity index is 721. The maximum absolute atomic E-state index is 11.7. The predicted octanol–water partition coefficient (Wildman–Crippen LogP) is 5.05. The van der Waals surface area contributed by atoms with Crippen molar-refractivity contribution in [1.82, 2.24) is 5.48 Å². The van der Waals surface area contributed by atoms with Crippen LogP contribution in [0.15, 0.2) is 24.3 Å². The molecule has 0 fully saturated rings. The molecule has 0 aromatic heterocycles. The van der Waals surface area contributed by atoms with Crippen LogP contribution in [-0.4, -0.2) is 48.7 Å². The molecule has 0 saturated heterocycles. The van der Waals surface area contributed by atoms with Crippen LogP contribution in [0.1, 0.15) is 78.6 Å². The molecule has 8 heteroatoms. The van der Waals surface area contributed by atoms with Gasteiger partial charge in [-0.3, -0.25) is 4.84 Å². The maximum atomic E-state index is 11.7. The summed E-state index contributed by atoms with van der Waals surface area (Å²) in [7, 11) is 0. The molecule has 32 heavy (non-hydrogen) atoms. The van der Waals surface area contributed by atoms with E-state index in [0.29, 0.717) is 44.0 Å². The summed E-state index contributed by atoms with van der Waals surface area (Å²) in [5, 5.41) is 0. The average molecular weight is 454 g/mol. The molecule has 1 N–H and O–H groups in total. The fourth-order valence-corrected chi connectivity index (χ4v) is 2.59. The monoisotopic (exact) mass is 453 g/mol. The number of ether oxygens (including phenoxy) is 4. The Balaban J connectivity index is 2.37. The van der Waals surface area contributed by atoms with Crippen molar-refractivity contribution in [2.24, 2.45) is 0 Å². The van der Waals surface area contributed by atoms with Gasteiger partial charge in [-0.15, -0.1) is 0 Å². The van der Waals surface area contributed by atoms with Crippen LogP contribution in [0.3, 0.4) is 0 Å². The third-order valence-electron chi connectivity index (χ3n) is 4.32. The van der Waals surface area contributed by atoms with Gasteiger partial charge in [-0.2, -0.15) is 5.48 Å². The highest BCUT2D eigenvalue weighted by Gasteiger charge is 2.24. The lowest BCUT2D eigenvalue weighted by molar-refractivity contribution is -0.0692. The SMILES string of the molecule is CCOC(=O)c1ccc(OC(C)(C)CCOC(C)(C)CCONC(=O)OC(C)(C)C)cc1. The Morgan fingerprint density at radius 2 is 1.47 bits per heavy atom. The molecule has 1 rings (SSSR count). The summed E-state index contributed by atoms with van der Waals surface area (Å²) >= 11 is 0. The fourth-order valence-electron chi connectivity index (χ4n) is 2.59. The minimum Gasteiger partial charge on any atom is -0.488 e. The van der Waals surface area contributed by atoms with E-state index in [1.54, 1.807) is 52.0 Å². The van der Waals surface area contributed by atoms with Crippen LogP contribution in [0.5, 0.6) is 5.75 Å². The first kappa shape index (κ1) is 27.7. The van der Waals surface area contributed by atoms with Crippen LogP contribution in [0.4, 0.5) is 4.79 Å². The average Bonchev–Trinajstić information content (AvgIpc) is 2.64. The minimum atomic E-state index is -0.620. The number of esters is 1. The summed E-state index contributed by atoms with van der Waals surface area (Å²) in [5.74, 6) is 0.322. The van der Waals surface area contributed by atoms with Crippen LogP contribution in [0, 0.1) is 0 Å². The molecule has 1 aromatic carbocycles. The maximum Gasteiger partial charge on any atom is 0.431 e. The molecule has 0 spiro atoms. The van der Waals surface area contributed by atoms with Gasteiger partial charge in [0.2, 0.25) is 0 Å². The van der Waals surface area contributed by atoms with E-state index in [1.165, 1.54) is 0 Å². The van der Waals surface area contributed by atoms with Gasteiger partial charge < -0.3 is 18.9 Å². The molecule has 0 bridgehead atoms. The lowest BCUT2D eigenvalue weighted by Gasteiger charge is -2.30. The van der Waals surface area contributed by atoms with Gasteiger partial charge in [-0.05, 0) is 79.7 Å². The fraction of sp³-hybridized carbons (Fsp3) is 0.667. The summed E-state index contributed by atoms with van der Waals surface area (Å²) in [6.45, 7) is 16.1. The van der Waals surface area contributed by atoms with Crippen molar-refractivity contribution in [3.05, 3.63) is 29.8 Å². The van der Waals surface area contributed by atoms with E-state index >= 15 is 0 Å². The molecule has 0 atom stereocenters. The molecule has 0 unspecified atom stereocenters. The van der Waals surface area contributed by atoms with Gasteiger partial charge in [-0.1, -0.05) is 0 Å². The lowest BCUT2D eigenvalue weighted by atomic mass is 10.0. The van der Waals surface area contributed by atoms with Crippen molar-refractivity contribution in [1.29, 1.82) is 0 Å². The van der Waals surface area contributed by atoms with Crippen LogP contribution in [0.2, 0.25) is 0 Å². The molecule has 8 nitrogen and oxygen atoms in total. The van der Waals surface area contributed by atoms with Crippen LogP contribution in [0.25, 0.3) is 0 Å². The van der Waals surface area contributed by atoms with Crippen molar-refractivity contribution in [3.63, 3.8) is 0 Å². The second-order valence-corrected chi connectivity index (χ2v) is 9.67. The quantitative estimate of drug-likeness (QED) is 0.269. The van der Waals surface area contributed by atoms with E-state index in [1.807, 2.05) is 27.7 Å². The van der Waals surface area contributed by atoms with Gasteiger partial charge >= 0.3 is 12.1 Å². The molecule has 0 aliphatic rings. The largest absolute Gasteiger partial charge is 0.488 e. The number of rotatable bonds is 12. The first-order chi connectivity index (χ1) is 14.7. The third kappa shape index (κ3) is 11.9. The zero-order chi connectivity index (χ0) is 24.4. The minimum absolute atomic E-state index is 0.291. The van der Waals surface area contributed by atoms with Gasteiger partial charge in [0.15, 0.2) is 0 Å². The predicted molar refractivity (Wildman–Crippen MR) is 122 cm³/mol. The van der Waals surface area contributed by atoms with E-state index in [2.05, 4.69) is 5.48 Å². The summed E-state index contributed by atoms with van der Waals surface area (Å²) in [6.07, 6.45) is 0.623. The second-order valence-electron chi connectivity index (χ2n) is 9.67. The lowest BCUT2D eigenvalue weighted by Crippen LogP contribution is -2.35. The molecule has 0 heterocycles. The summed E-state index contributed by atoms with van der Waals surface area (Å²) < 4.78 is 22.2. The second kappa shape index (κ2) is 12.1. The molecule has 0 saturated carbocycles. The molecule has 1 aromatic rings. The van der Waals surface area contributed by atoms with Crippen LogP contribution >= 0.6 is 0 Å².